The van der Waals surface area contributed by atoms with Crippen molar-refractivity contribution in [2.24, 2.45) is 0 Å². The highest BCUT2D eigenvalue weighted by Gasteiger charge is 2.34. The third-order valence-electron chi connectivity index (χ3n) is 5.25. The SMILES string of the molecule is CNc1ccc([N+](=O)[O-])cc1C(=O)N1CCN(CC(=O)Nc2ccccc2C(F)(F)F)CC1. The van der Waals surface area contributed by atoms with Crippen LogP contribution in [0.15, 0.2) is 42.5 Å². The van der Waals surface area contributed by atoms with Gasteiger partial charge in [-0.3, -0.25) is 24.6 Å². The molecule has 1 aliphatic heterocycles. The van der Waals surface area contributed by atoms with Crippen LogP contribution >= 0.6 is 0 Å². The second-order valence-corrected chi connectivity index (χ2v) is 7.40. The number of non-ortho nitro benzene ring substituents is 1. The molecule has 0 saturated carbocycles. The first kappa shape index (κ1) is 24.0. The zero-order valence-electron chi connectivity index (χ0n) is 17.7. The molecule has 1 saturated heterocycles. The normalized spacial score (nSPS) is 14.6. The van der Waals surface area contributed by atoms with Gasteiger partial charge in [0, 0.05) is 51.0 Å². The molecular formula is C21H22F3N5O4. The molecule has 0 bridgehead atoms. The summed E-state index contributed by atoms with van der Waals surface area (Å²) in [5, 5.41) is 16.2. The van der Waals surface area contributed by atoms with Gasteiger partial charge in [0.1, 0.15) is 0 Å². The number of amides is 2. The lowest BCUT2D eigenvalue weighted by Gasteiger charge is -2.34. The summed E-state index contributed by atoms with van der Waals surface area (Å²) in [6, 6.07) is 8.72. The van der Waals surface area contributed by atoms with Crippen molar-refractivity contribution in [3.8, 4) is 0 Å². The predicted molar refractivity (Wildman–Crippen MR) is 115 cm³/mol. The number of carbonyl (C=O) groups excluding carboxylic acids is 2. The Kier molecular flexibility index (Phi) is 7.16. The van der Waals surface area contributed by atoms with Gasteiger partial charge in [0.05, 0.1) is 28.3 Å². The van der Waals surface area contributed by atoms with Crippen LogP contribution in [0.25, 0.3) is 0 Å². The average molecular weight is 465 g/mol. The van der Waals surface area contributed by atoms with Crippen molar-refractivity contribution in [2.75, 3.05) is 50.4 Å². The van der Waals surface area contributed by atoms with Crippen molar-refractivity contribution in [3.63, 3.8) is 0 Å². The number of para-hydroxylation sites is 1. The standard InChI is InChI=1S/C21H22F3N5O4/c1-25-17-7-6-14(29(32)33)12-15(17)20(31)28-10-8-27(9-11-28)13-19(30)26-18-5-3-2-4-16(18)21(22,23)24/h2-7,12,25H,8-11,13H2,1H3,(H,26,30). The van der Waals surface area contributed by atoms with Crippen molar-refractivity contribution in [1.29, 1.82) is 0 Å². The maximum atomic E-state index is 13.1. The van der Waals surface area contributed by atoms with Crippen molar-refractivity contribution >= 4 is 28.9 Å². The van der Waals surface area contributed by atoms with E-state index in [4.69, 9.17) is 0 Å². The van der Waals surface area contributed by atoms with Crippen molar-refractivity contribution < 1.29 is 27.7 Å². The van der Waals surface area contributed by atoms with E-state index in [-0.39, 0.29) is 42.5 Å². The second-order valence-electron chi connectivity index (χ2n) is 7.40. The number of nitro groups is 1. The molecule has 0 unspecified atom stereocenters. The Bertz CT molecular complexity index is 1050. The highest BCUT2D eigenvalue weighted by Crippen LogP contribution is 2.34. The van der Waals surface area contributed by atoms with E-state index < -0.39 is 22.6 Å². The summed E-state index contributed by atoms with van der Waals surface area (Å²) in [4.78, 5) is 38.9. The number of rotatable bonds is 6. The van der Waals surface area contributed by atoms with Crippen LogP contribution < -0.4 is 10.6 Å². The minimum atomic E-state index is -4.59. The lowest BCUT2D eigenvalue weighted by Crippen LogP contribution is -2.50. The molecule has 176 valence electrons. The Hall–Kier alpha value is -3.67. The molecule has 0 aromatic heterocycles. The van der Waals surface area contributed by atoms with E-state index in [1.54, 1.807) is 11.9 Å². The molecule has 0 atom stereocenters. The molecule has 3 rings (SSSR count). The van der Waals surface area contributed by atoms with E-state index >= 15 is 0 Å². The number of alkyl halides is 3. The molecule has 12 heteroatoms. The number of nitrogens with zero attached hydrogens (tertiary/aromatic N) is 3. The van der Waals surface area contributed by atoms with E-state index in [0.29, 0.717) is 18.8 Å². The Labute approximate surface area is 187 Å². The zero-order chi connectivity index (χ0) is 24.2. The largest absolute Gasteiger partial charge is 0.418 e. The molecule has 2 amide bonds. The molecule has 33 heavy (non-hydrogen) atoms. The average Bonchev–Trinajstić information content (AvgIpc) is 2.78. The first-order valence-electron chi connectivity index (χ1n) is 10.0. The third kappa shape index (κ3) is 5.77. The lowest BCUT2D eigenvalue weighted by molar-refractivity contribution is -0.384. The number of hydrogen-bond donors (Lipinski definition) is 2. The molecule has 0 spiro atoms. The summed E-state index contributed by atoms with van der Waals surface area (Å²) >= 11 is 0. The predicted octanol–water partition coefficient (Wildman–Crippen LogP) is 3.05. The number of piperazine rings is 1. The van der Waals surface area contributed by atoms with Crippen LogP contribution in [0.2, 0.25) is 0 Å². The van der Waals surface area contributed by atoms with Gasteiger partial charge in [-0.1, -0.05) is 12.1 Å². The minimum Gasteiger partial charge on any atom is -0.387 e. The Morgan fingerprint density at radius 2 is 1.73 bits per heavy atom. The van der Waals surface area contributed by atoms with E-state index in [2.05, 4.69) is 10.6 Å². The van der Waals surface area contributed by atoms with Crippen LogP contribution in [-0.4, -0.2) is 66.3 Å². The van der Waals surface area contributed by atoms with Crippen LogP contribution in [0.5, 0.6) is 0 Å². The summed E-state index contributed by atoms with van der Waals surface area (Å²) < 4.78 is 39.3. The maximum absolute atomic E-state index is 13.1. The number of halogens is 3. The van der Waals surface area contributed by atoms with Crippen LogP contribution in [0.3, 0.4) is 0 Å². The topological polar surface area (TPSA) is 108 Å². The molecule has 0 radical (unpaired) electrons. The first-order chi connectivity index (χ1) is 15.6. The molecular weight excluding hydrogens is 443 g/mol. The maximum Gasteiger partial charge on any atom is 0.418 e. The lowest BCUT2D eigenvalue weighted by atomic mass is 10.1. The number of nitrogens with one attached hydrogen (secondary N) is 2. The van der Waals surface area contributed by atoms with Gasteiger partial charge >= 0.3 is 6.18 Å². The molecule has 1 fully saturated rings. The van der Waals surface area contributed by atoms with Gasteiger partial charge in [-0.2, -0.15) is 13.2 Å². The van der Waals surface area contributed by atoms with Crippen LogP contribution in [0.4, 0.5) is 30.2 Å². The fraction of sp³-hybridized carbons (Fsp3) is 0.333. The first-order valence-corrected chi connectivity index (χ1v) is 10.0. The fourth-order valence-electron chi connectivity index (χ4n) is 3.55. The molecule has 1 heterocycles. The Morgan fingerprint density at radius 3 is 2.33 bits per heavy atom. The van der Waals surface area contributed by atoms with Gasteiger partial charge < -0.3 is 15.5 Å². The number of carbonyl (C=O) groups is 2. The molecule has 2 aromatic rings. The smallest absolute Gasteiger partial charge is 0.387 e. The van der Waals surface area contributed by atoms with Gasteiger partial charge in [0.15, 0.2) is 0 Å². The van der Waals surface area contributed by atoms with Crippen LogP contribution in [0.1, 0.15) is 15.9 Å². The number of anilines is 2. The summed E-state index contributed by atoms with van der Waals surface area (Å²) in [5.41, 5.74) is -0.815. The van der Waals surface area contributed by atoms with Crippen molar-refractivity contribution in [3.05, 3.63) is 63.7 Å². The van der Waals surface area contributed by atoms with Gasteiger partial charge in [-0.15, -0.1) is 0 Å². The van der Waals surface area contributed by atoms with Crippen molar-refractivity contribution in [2.45, 2.75) is 6.18 Å². The number of benzene rings is 2. The zero-order valence-corrected chi connectivity index (χ0v) is 17.7. The van der Waals surface area contributed by atoms with E-state index in [9.17, 15) is 32.9 Å². The quantitative estimate of drug-likeness (QED) is 0.502. The van der Waals surface area contributed by atoms with Gasteiger partial charge in [-0.05, 0) is 18.2 Å². The second kappa shape index (κ2) is 9.86. The molecule has 0 aliphatic carbocycles. The van der Waals surface area contributed by atoms with E-state index in [1.165, 1.54) is 41.3 Å². The minimum absolute atomic E-state index is 0.132. The van der Waals surface area contributed by atoms with Crippen LogP contribution in [0, 0.1) is 10.1 Å². The van der Waals surface area contributed by atoms with E-state index in [1.807, 2.05) is 0 Å². The highest BCUT2D eigenvalue weighted by molar-refractivity contribution is 6.00. The monoisotopic (exact) mass is 465 g/mol. The summed E-state index contributed by atoms with van der Waals surface area (Å²) in [6.07, 6.45) is -4.59. The van der Waals surface area contributed by atoms with Gasteiger partial charge in [0.2, 0.25) is 5.91 Å². The Morgan fingerprint density at radius 1 is 1.06 bits per heavy atom. The number of hydrogen-bond acceptors (Lipinski definition) is 6. The summed E-state index contributed by atoms with van der Waals surface area (Å²) in [6.45, 7) is 1.04. The summed E-state index contributed by atoms with van der Waals surface area (Å²) in [7, 11) is 1.60. The molecule has 2 N–H and O–H groups in total. The van der Waals surface area contributed by atoms with E-state index in [0.717, 1.165) is 6.07 Å². The molecule has 9 nitrogen and oxygen atoms in total. The van der Waals surface area contributed by atoms with Crippen molar-refractivity contribution in [1.82, 2.24) is 9.80 Å². The van der Waals surface area contributed by atoms with Gasteiger partial charge in [0.25, 0.3) is 11.6 Å². The van der Waals surface area contributed by atoms with Crippen LogP contribution in [-0.2, 0) is 11.0 Å². The number of nitro benzene ring substituents is 1. The Balaban J connectivity index is 1.60. The molecule has 2 aromatic carbocycles. The molecule has 1 aliphatic rings. The highest BCUT2D eigenvalue weighted by atomic mass is 19.4. The summed E-state index contributed by atoms with van der Waals surface area (Å²) in [5.74, 6) is -0.978. The fourth-order valence-corrected chi connectivity index (χ4v) is 3.55. The van der Waals surface area contributed by atoms with Gasteiger partial charge in [-0.25, -0.2) is 0 Å². The third-order valence-corrected chi connectivity index (χ3v) is 5.25.